The number of carbonyl (C=O) groups is 1. The van der Waals surface area contributed by atoms with Crippen LogP contribution in [-0.2, 0) is 4.79 Å². The Bertz CT molecular complexity index is 212. The third-order valence-electron chi connectivity index (χ3n) is 1.03. The molecule has 0 unspecified atom stereocenters. The number of nitrogens with zero attached hydrogens (tertiary/aromatic N) is 1. The summed E-state index contributed by atoms with van der Waals surface area (Å²) in [4.78, 5) is 10.5. The van der Waals surface area contributed by atoms with Crippen LogP contribution in [0.5, 0.6) is 0 Å². The van der Waals surface area contributed by atoms with Crippen LogP contribution in [0.25, 0.3) is 0 Å². The van der Waals surface area contributed by atoms with Gasteiger partial charge in [0.05, 0.1) is 26.9 Å². The molecule has 76 valence electrons. The second-order valence-electron chi connectivity index (χ2n) is 3.58. The van der Waals surface area contributed by atoms with E-state index < -0.39 is 0 Å². The van der Waals surface area contributed by atoms with Crippen LogP contribution in [0.3, 0.4) is 0 Å². The molecule has 0 aromatic heterocycles. The number of hydrogen-bond donors (Lipinski definition) is 0. The minimum atomic E-state index is 0. The first kappa shape index (κ1) is 15.7. The fourth-order valence-corrected chi connectivity index (χ4v) is 0.859. The van der Waals surface area contributed by atoms with Gasteiger partial charge < -0.3 is 28.5 Å². The lowest BCUT2D eigenvalue weighted by Crippen LogP contribution is -3.00. The fraction of sp³-hybridized carbons (Fsp3) is 0.667. The average molecular weight is 313 g/mol. The Morgan fingerprint density at radius 2 is 1.85 bits per heavy atom. The van der Waals surface area contributed by atoms with E-state index in [1.54, 1.807) is 6.92 Å². The van der Waals surface area contributed by atoms with Crippen molar-refractivity contribution in [2.75, 3.05) is 33.4 Å². The second-order valence-corrected chi connectivity index (χ2v) is 4.73. The van der Waals surface area contributed by atoms with E-state index in [1.165, 1.54) is 11.8 Å². The van der Waals surface area contributed by atoms with Crippen LogP contribution < -0.4 is 24.0 Å². The Balaban J connectivity index is 0. The molecule has 0 aromatic carbocycles. The molecule has 0 radical (unpaired) electrons. The normalized spacial score (nSPS) is 9.54. The molecule has 0 spiro atoms. The third-order valence-corrected chi connectivity index (χ3v) is 1.72. The number of carbonyl (C=O) groups excluding carboxylic acids is 1. The highest BCUT2D eigenvalue weighted by atomic mass is 127. The molecule has 13 heavy (non-hydrogen) atoms. The number of quaternary nitrogens is 1. The van der Waals surface area contributed by atoms with Crippen molar-refractivity contribution in [1.29, 1.82) is 0 Å². The molecule has 0 aromatic rings. The molecule has 0 aliphatic carbocycles. The van der Waals surface area contributed by atoms with E-state index in [9.17, 15) is 4.79 Å². The van der Waals surface area contributed by atoms with Gasteiger partial charge in [0.15, 0.2) is 5.12 Å². The lowest BCUT2D eigenvalue weighted by atomic mass is 10.5. The lowest BCUT2D eigenvalue weighted by Gasteiger charge is -2.19. The first-order valence-electron chi connectivity index (χ1n) is 3.81. The van der Waals surface area contributed by atoms with Crippen molar-refractivity contribution in [3.8, 4) is 11.8 Å². The molecule has 0 aliphatic heterocycles. The SMILES string of the molecule is CC(=O)SCC#CC[N+](C)(C)C.[I-]. The highest BCUT2D eigenvalue weighted by Crippen LogP contribution is 1.97. The number of halogens is 1. The van der Waals surface area contributed by atoms with E-state index in [0.29, 0.717) is 5.75 Å². The Morgan fingerprint density at radius 3 is 2.23 bits per heavy atom. The molecule has 0 rings (SSSR count). The second kappa shape index (κ2) is 7.65. The largest absolute Gasteiger partial charge is 1.00 e. The van der Waals surface area contributed by atoms with Gasteiger partial charge >= 0.3 is 0 Å². The smallest absolute Gasteiger partial charge is 0.186 e. The van der Waals surface area contributed by atoms with Crippen molar-refractivity contribution in [2.45, 2.75) is 6.92 Å². The molecular weight excluding hydrogens is 297 g/mol. The molecule has 0 amide bonds. The zero-order valence-corrected chi connectivity index (χ0v) is 11.5. The molecule has 0 saturated carbocycles. The fourth-order valence-electron chi connectivity index (χ4n) is 0.482. The molecule has 0 aliphatic rings. The maximum Gasteiger partial charge on any atom is 0.186 e. The Morgan fingerprint density at radius 1 is 1.31 bits per heavy atom. The summed E-state index contributed by atoms with van der Waals surface area (Å²) in [6, 6.07) is 0. The van der Waals surface area contributed by atoms with Gasteiger partial charge in [-0.1, -0.05) is 17.7 Å². The van der Waals surface area contributed by atoms with Crippen LogP contribution >= 0.6 is 11.8 Å². The van der Waals surface area contributed by atoms with E-state index in [1.807, 2.05) is 0 Å². The summed E-state index contributed by atoms with van der Waals surface area (Å²) >= 11 is 1.26. The molecule has 0 atom stereocenters. The monoisotopic (exact) mass is 313 g/mol. The number of hydrogen-bond acceptors (Lipinski definition) is 2. The van der Waals surface area contributed by atoms with E-state index in [-0.39, 0.29) is 29.1 Å². The summed E-state index contributed by atoms with van der Waals surface area (Å²) in [5.74, 6) is 6.60. The van der Waals surface area contributed by atoms with Gasteiger partial charge in [-0.25, -0.2) is 0 Å². The zero-order valence-electron chi connectivity index (χ0n) is 8.56. The van der Waals surface area contributed by atoms with Crippen LogP contribution in [0.2, 0.25) is 0 Å². The Kier molecular flexibility index (Phi) is 9.26. The quantitative estimate of drug-likeness (QED) is 0.333. The molecular formula is C9H16INOS. The van der Waals surface area contributed by atoms with Crippen molar-refractivity contribution < 1.29 is 33.3 Å². The van der Waals surface area contributed by atoms with Crippen molar-refractivity contribution in [2.24, 2.45) is 0 Å². The van der Waals surface area contributed by atoms with Crippen LogP contribution in [0.15, 0.2) is 0 Å². The van der Waals surface area contributed by atoms with Gasteiger partial charge in [-0.3, -0.25) is 4.79 Å². The van der Waals surface area contributed by atoms with Crippen LogP contribution in [0, 0.1) is 11.8 Å². The van der Waals surface area contributed by atoms with E-state index >= 15 is 0 Å². The summed E-state index contributed by atoms with van der Waals surface area (Å²) < 4.78 is 0.845. The molecule has 0 fully saturated rings. The molecule has 4 heteroatoms. The van der Waals surface area contributed by atoms with E-state index in [4.69, 9.17) is 0 Å². The first-order chi connectivity index (χ1) is 5.42. The third kappa shape index (κ3) is 15.1. The zero-order chi connectivity index (χ0) is 9.61. The molecule has 0 heterocycles. The predicted octanol–water partition coefficient (Wildman–Crippen LogP) is -2.02. The van der Waals surface area contributed by atoms with Crippen LogP contribution in [0.1, 0.15) is 6.92 Å². The standard InChI is InChI=1S/C9H16NOS.HI/c1-9(11)12-8-6-5-7-10(2,3)4;/h7-8H2,1-4H3;1H/q+1;/p-1. The highest BCUT2D eigenvalue weighted by Gasteiger charge is 2.01. The Labute approximate surface area is 102 Å². The van der Waals surface area contributed by atoms with Gasteiger partial charge in [0.1, 0.15) is 6.54 Å². The lowest BCUT2D eigenvalue weighted by molar-refractivity contribution is -0.862. The average Bonchev–Trinajstić information content (AvgIpc) is 1.83. The van der Waals surface area contributed by atoms with Gasteiger partial charge in [0.25, 0.3) is 0 Å². The van der Waals surface area contributed by atoms with Crippen molar-refractivity contribution in [1.82, 2.24) is 0 Å². The van der Waals surface area contributed by atoms with Gasteiger partial charge in [-0.15, -0.1) is 0 Å². The van der Waals surface area contributed by atoms with Crippen molar-refractivity contribution in [3.05, 3.63) is 0 Å². The van der Waals surface area contributed by atoms with Gasteiger partial charge in [0, 0.05) is 6.92 Å². The minimum Gasteiger partial charge on any atom is -1.00 e. The van der Waals surface area contributed by atoms with Gasteiger partial charge in [-0.2, -0.15) is 0 Å². The first-order valence-corrected chi connectivity index (χ1v) is 4.80. The van der Waals surface area contributed by atoms with Crippen LogP contribution in [-0.4, -0.2) is 43.0 Å². The number of thioether (sulfide) groups is 1. The Hall–Kier alpha value is 0.270. The maximum absolute atomic E-state index is 10.5. The summed E-state index contributed by atoms with van der Waals surface area (Å²) in [6.45, 7) is 2.39. The number of rotatable bonds is 2. The minimum absolute atomic E-state index is 0. The highest BCUT2D eigenvalue weighted by molar-refractivity contribution is 8.13. The maximum atomic E-state index is 10.5. The summed E-state index contributed by atoms with van der Waals surface area (Å²) in [5, 5.41) is 0.134. The van der Waals surface area contributed by atoms with Crippen molar-refractivity contribution in [3.63, 3.8) is 0 Å². The topological polar surface area (TPSA) is 17.1 Å². The summed E-state index contributed by atoms with van der Waals surface area (Å²) in [6.07, 6.45) is 0. The molecule has 0 bridgehead atoms. The van der Waals surface area contributed by atoms with Gasteiger partial charge in [-0.05, 0) is 5.92 Å². The van der Waals surface area contributed by atoms with Crippen LogP contribution in [0.4, 0.5) is 0 Å². The molecule has 2 nitrogen and oxygen atoms in total. The van der Waals surface area contributed by atoms with E-state index in [0.717, 1.165) is 11.0 Å². The van der Waals surface area contributed by atoms with E-state index in [2.05, 4.69) is 33.0 Å². The molecule has 0 N–H and O–H groups in total. The van der Waals surface area contributed by atoms with Crippen molar-refractivity contribution >= 4 is 16.9 Å². The summed E-state index contributed by atoms with van der Waals surface area (Å²) in [5.41, 5.74) is 0. The predicted molar refractivity (Wildman–Crippen MR) is 53.8 cm³/mol. The van der Waals surface area contributed by atoms with Gasteiger partial charge in [0.2, 0.25) is 0 Å². The summed E-state index contributed by atoms with van der Waals surface area (Å²) in [7, 11) is 6.27. The molecule has 0 saturated heterocycles.